The van der Waals surface area contributed by atoms with E-state index in [0.717, 1.165) is 42.0 Å². The molecule has 2 atom stereocenters. The largest absolute Gasteiger partial charge is 0.490 e. The molecule has 0 bridgehead atoms. The second kappa shape index (κ2) is 8.82. The molecule has 1 N–H and O–H groups in total. The summed E-state index contributed by atoms with van der Waals surface area (Å²) in [5.74, 6) is 1.31. The summed E-state index contributed by atoms with van der Waals surface area (Å²) in [5.41, 5.74) is 0.169. The Hall–Kier alpha value is -2.87. The van der Waals surface area contributed by atoms with Crippen molar-refractivity contribution in [3.8, 4) is 5.75 Å². The second-order valence-corrected chi connectivity index (χ2v) is 8.98. The van der Waals surface area contributed by atoms with Gasteiger partial charge in [0.15, 0.2) is 5.82 Å². The van der Waals surface area contributed by atoms with Gasteiger partial charge in [0.25, 0.3) is 0 Å². The molecule has 0 saturated carbocycles. The Balaban J connectivity index is 1.34. The van der Waals surface area contributed by atoms with Gasteiger partial charge in [-0.1, -0.05) is 12.1 Å². The SMILES string of the molecule is Cc1c(CNc2nncc3ccc(OC4CCN5CCCC5C4)cc23)cccc1C(F)(F)F. The van der Waals surface area contributed by atoms with E-state index in [1.54, 1.807) is 12.3 Å². The lowest BCUT2D eigenvalue weighted by Gasteiger charge is -2.34. The van der Waals surface area contributed by atoms with Crippen LogP contribution in [0.1, 0.15) is 42.4 Å². The molecule has 0 aliphatic carbocycles. The van der Waals surface area contributed by atoms with Crippen LogP contribution < -0.4 is 10.1 Å². The highest BCUT2D eigenvalue weighted by molar-refractivity contribution is 5.92. The summed E-state index contributed by atoms with van der Waals surface area (Å²) >= 11 is 0. The molecule has 2 aliphatic rings. The van der Waals surface area contributed by atoms with Crippen molar-refractivity contribution in [2.45, 2.75) is 57.5 Å². The van der Waals surface area contributed by atoms with E-state index in [9.17, 15) is 13.2 Å². The molecule has 0 spiro atoms. The van der Waals surface area contributed by atoms with Gasteiger partial charge in [0, 0.05) is 29.9 Å². The van der Waals surface area contributed by atoms with E-state index in [1.807, 2.05) is 18.2 Å². The minimum absolute atomic E-state index is 0.195. The smallest absolute Gasteiger partial charge is 0.416 e. The van der Waals surface area contributed by atoms with Gasteiger partial charge in [-0.15, -0.1) is 5.10 Å². The number of fused-ring (bicyclic) bond motifs is 2. The van der Waals surface area contributed by atoms with Crippen LogP contribution in [0.25, 0.3) is 10.8 Å². The highest BCUT2D eigenvalue weighted by atomic mass is 19.4. The average molecular weight is 457 g/mol. The highest BCUT2D eigenvalue weighted by Gasteiger charge is 2.33. The van der Waals surface area contributed by atoms with Gasteiger partial charge in [0.2, 0.25) is 0 Å². The maximum absolute atomic E-state index is 13.2. The van der Waals surface area contributed by atoms with Crippen LogP contribution in [0.5, 0.6) is 5.75 Å². The van der Waals surface area contributed by atoms with Crippen LogP contribution in [0.15, 0.2) is 42.6 Å². The van der Waals surface area contributed by atoms with Gasteiger partial charge in [-0.2, -0.15) is 18.3 Å². The van der Waals surface area contributed by atoms with Gasteiger partial charge in [-0.3, -0.25) is 0 Å². The zero-order valence-corrected chi connectivity index (χ0v) is 18.5. The predicted molar refractivity (Wildman–Crippen MR) is 121 cm³/mol. The van der Waals surface area contributed by atoms with E-state index < -0.39 is 11.7 Å². The van der Waals surface area contributed by atoms with E-state index in [4.69, 9.17) is 4.74 Å². The van der Waals surface area contributed by atoms with Crippen molar-refractivity contribution in [1.29, 1.82) is 0 Å². The standard InChI is InChI=1S/C25H27F3N4O/c1-16-17(4-2-6-23(16)25(26,27)28)14-29-24-22-13-20(8-7-18(22)15-30-31-24)33-21-9-11-32-10-3-5-19(32)12-21/h2,4,6-8,13,15,19,21H,3,5,9-12,14H2,1H3,(H,29,31). The first-order chi connectivity index (χ1) is 15.9. The summed E-state index contributed by atoms with van der Waals surface area (Å²) in [6.07, 6.45) is 2.08. The Morgan fingerprint density at radius 2 is 2.03 bits per heavy atom. The predicted octanol–water partition coefficient (Wildman–Crippen LogP) is 5.57. The van der Waals surface area contributed by atoms with Crippen molar-refractivity contribution in [3.63, 3.8) is 0 Å². The zero-order valence-electron chi connectivity index (χ0n) is 18.5. The lowest BCUT2D eigenvalue weighted by molar-refractivity contribution is -0.138. The third kappa shape index (κ3) is 4.62. The monoisotopic (exact) mass is 456 g/mol. The quantitative estimate of drug-likeness (QED) is 0.544. The third-order valence-corrected chi connectivity index (χ3v) is 6.91. The van der Waals surface area contributed by atoms with Crippen molar-refractivity contribution in [3.05, 3.63) is 59.3 Å². The number of nitrogens with zero attached hydrogens (tertiary/aromatic N) is 3. The summed E-state index contributed by atoms with van der Waals surface area (Å²) in [6, 6.07) is 10.7. The molecule has 2 fully saturated rings. The lowest BCUT2D eigenvalue weighted by Crippen LogP contribution is -2.42. The molecule has 0 amide bonds. The molecule has 174 valence electrons. The van der Waals surface area contributed by atoms with Gasteiger partial charge in [-0.05, 0) is 74.5 Å². The number of anilines is 1. The van der Waals surface area contributed by atoms with Crippen molar-refractivity contribution in [2.24, 2.45) is 0 Å². The van der Waals surface area contributed by atoms with E-state index in [0.29, 0.717) is 17.4 Å². The number of halogens is 3. The topological polar surface area (TPSA) is 50.3 Å². The van der Waals surface area contributed by atoms with Gasteiger partial charge >= 0.3 is 6.18 Å². The zero-order chi connectivity index (χ0) is 23.0. The van der Waals surface area contributed by atoms with E-state index >= 15 is 0 Å². The number of ether oxygens (including phenoxy) is 1. The molecule has 3 heterocycles. The fourth-order valence-electron chi connectivity index (χ4n) is 5.11. The summed E-state index contributed by atoms with van der Waals surface area (Å²) in [7, 11) is 0. The summed E-state index contributed by atoms with van der Waals surface area (Å²) in [6.45, 7) is 3.99. The van der Waals surface area contributed by atoms with Crippen LogP contribution in [-0.4, -0.2) is 40.3 Å². The summed E-state index contributed by atoms with van der Waals surface area (Å²) in [4.78, 5) is 2.56. The highest BCUT2D eigenvalue weighted by Crippen LogP contribution is 2.34. The average Bonchev–Trinajstić information content (AvgIpc) is 3.25. The lowest BCUT2D eigenvalue weighted by atomic mass is 10.00. The van der Waals surface area contributed by atoms with Crippen molar-refractivity contribution < 1.29 is 17.9 Å². The molecular formula is C25H27F3N4O. The molecule has 2 saturated heterocycles. The number of rotatable bonds is 5. The van der Waals surface area contributed by atoms with Crippen molar-refractivity contribution in [2.75, 3.05) is 18.4 Å². The Kier molecular flexibility index (Phi) is 5.86. The maximum atomic E-state index is 13.2. The Morgan fingerprint density at radius 1 is 1.15 bits per heavy atom. The first-order valence-corrected chi connectivity index (χ1v) is 11.4. The Morgan fingerprint density at radius 3 is 2.88 bits per heavy atom. The first-order valence-electron chi connectivity index (χ1n) is 11.4. The molecule has 3 aromatic rings. The third-order valence-electron chi connectivity index (χ3n) is 6.91. The molecule has 2 unspecified atom stereocenters. The van der Waals surface area contributed by atoms with Crippen LogP contribution in [0.2, 0.25) is 0 Å². The fraction of sp³-hybridized carbons (Fsp3) is 0.440. The summed E-state index contributed by atoms with van der Waals surface area (Å²) in [5, 5.41) is 13.2. The maximum Gasteiger partial charge on any atom is 0.416 e. The number of nitrogens with one attached hydrogen (secondary N) is 1. The number of hydrogen-bond acceptors (Lipinski definition) is 5. The van der Waals surface area contributed by atoms with E-state index in [1.165, 1.54) is 32.4 Å². The molecule has 8 heteroatoms. The Bertz CT molecular complexity index is 1150. The molecule has 1 aromatic heterocycles. The van der Waals surface area contributed by atoms with E-state index in [2.05, 4.69) is 20.4 Å². The van der Waals surface area contributed by atoms with Gasteiger partial charge in [-0.25, -0.2) is 0 Å². The molecular weight excluding hydrogens is 429 g/mol. The van der Waals surface area contributed by atoms with Crippen LogP contribution in [0.4, 0.5) is 19.0 Å². The molecule has 33 heavy (non-hydrogen) atoms. The number of benzene rings is 2. The Labute approximate surface area is 191 Å². The van der Waals surface area contributed by atoms with Crippen molar-refractivity contribution >= 4 is 16.6 Å². The number of alkyl halides is 3. The van der Waals surface area contributed by atoms with Crippen molar-refractivity contribution in [1.82, 2.24) is 15.1 Å². The molecule has 2 aliphatic heterocycles. The molecule has 0 radical (unpaired) electrons. The van der Waals surface area contributed by atoms with Crippen LogP contribution in [0.3, 0.4) is 0 Å². The number of hydrogen-bond donors (Lipinski definition) is 1. The van der Waals surface area contributed by atoms with Gasteiger partial charge in [0.1, 0.15) is 11.9 Å². The molecule has 5 nitrogen and oxygen atoms in total. The van der Waals surface area contributed by atoms with E-state index in [-0.39, 0.29) is 18.2 Å². The first kappa shape index (κ1) is 21.9. The van der Waals surface area contributed by atoms with Crippen LogP contribution in [0, 0.1) is 6.92 Å². The summed E-state index contributed by atoms with van der Waals surface area (Å²) < 4.78 is 46.1. The minimum atomic E-state index is -4.37. The number of aromatic nitrogens is 2. The van der Waals surface area contributed by atoms with Gasteiger partial charge < -0.3 is 15.0 Å². The van der Waals surface area contributed by atoms with Crippen LogP contribution in [-0.2, 0) is 12.7 Å². The minimum Gasteiger partial charge on any atom is -0.490 e. The normalized spacial score (nSPS) is 21.2. The fourth-order valence-corrected chi connectivity index (χ4v) is 5.11. The van der Waals surface area contributed by atoms with Crippen LogP contribution >= 0.6 is 0 Å². The molecule has 5 rings (SSSR count). The second-order valence-electron chi connectivity index (χ2n) is 8.98. The van der Waals surface area contributed by atoms with Gasteiger partial charge in [0.05, 0.1) is 11.8 Å². The number of piperidine rings is 1. The molecule has 2 aromatic carbocycles.